The van der Waals surface area contributed by atoms with Crippen molar-refractivity contribution in [2.45, 2.75) is 30.6 Å². The highest BCUT2D eigenvalue weighted by molar-refractivity contribution is 5.98. The number of ether oxygens (including phenoxy) is 4. The summed E-state index contributed by atoms with van der Waals surface area (Å²) in [6.07, 6.45) is 6.00. The van der Waals surface area contributed by atoms with Crippen molar-refractivity contribution in [2.75, 3.05) is 28.4 Å². The molecule has 0 aliphatic heterocycles. The fourth-order valence-corrected chi connectivity index (χ4v) is 13.5. The lowest BCUT2D eigenvalue weighted by molar-refractivity contribution is 0.413. The van der Waals surface area contributed by atoms with Gasteiger partial charge in [-0.1, -0.05) is 195 Å². The third-order valence-electron chi connectivity index (χ3n) is 17.9. The predicted molar refractivity (Wildman–Crippen MR) is 336 cm³/mol. The highest BCUT2D eigenvalue weighted by Gasteiger charge is 2.52. The summed E-state index contributed by atoms with van der Waals surface area (Å²) in [5.41, 5.74) is 26.4. The highest BCUT2D eigenvalue weighted by atomic mass is 16.5. The fourth-order valence-electron chi connectivity index (χ4n) is 13.5. The zero-order chi connectivity index (χ0) is 55.5. The van der Waals surface area contributed by atoms with E-state index in [0.29, 0.717) is 11.8 Å². The molecule has 0 fully saturated rings. The van der Waals surface area contributed by atoms with Crippen molar-refractivity contribution in [3.8, 4) is 112 Å². The van der Waals surface area contributed by atoms with Crippen LogP contribution in [-0.2, 0) is 5.41 Å². The van der Waals surface area contributed by atoms with Crippen LogP contribution in [0.1, 0.15) is 58.6 Å². The van der Waals surface area contributed by atoms with Gasteiger partial charge in [-0.15, -0.1) is 0 Å². The third kappa shape index (κ3) is 8.69. The number of hydrogen-bond acceptors (Lipinski definition) is 4. The second kappa shape index (κ2) is 20.8. The average molecular weight is 1060 g/mol. The van der Waals surface area contributed by atoms with E-state index >= 15 is 0 Å². The summed E-state index contributed by atoms with van der Waals surface area (Å²) < 4.78 is 22.0. The molecule has 0 saturated carbocycles. The van der Waals surface area contributed by atoms with Gasteiger partial charge in [-0.2, -0.15) is 0 Å². The van der Waals surface area contributed by atoms with Crippen LogP contribution in [0.15, 0.2) is 255 Å². The van der Waals surface area contributed by atoms with Crippen molar-refractivity contribution in [2.24, 2.45) is 5.92 Å². The molecule has 0 heterocycles. The van der Waals surface area contributed by atoms with Crippen LogP contribution in [0.4, 0.5) is 0 Å². The van der Waals surface area contributed by atoms with Crippen LogP contribution in [0.2, 0.25) is 0 Å². The number of benzene rings is 11. The highest BCUT2D eigenvalue weighted by Crippen LogP contribution is 2.64. The fraction of sp³-hybridized carbons (Fsp3) is 0.128. The van der Waals surface area contributed by atoms with E-state index < -0.39 is 5.41 Å². The van der Waals surface area contributed by atoms with Gasteiger partial charge in [0, 0.05) is 11.8 Å². The minimum Gasteiger partial charge on any atom is -0.497 e. The van der Waals surface area contributed by atoms with Gasteiger partial charge < -0.3 is 18.9 Å². The minimum atomic E-state index is -0.657. The molecule has 398 valence electrons. The standard InChI is InChI=1S/C78H62O4/c1-49-44-60(59-24-37-68(82-5)38-25-59)26-39-69(49)64-30-43-73-72-42-29-63(58-16-10-52(11-17-58)55-22-35-67(81-4)36-23-55)47-76(72)78(77(73)48-64)74-45-61(56-12-6-50(7-13-56)53-18-31-65(79-2)32-19-53)27-40-70(74)71-41-28-62(46-75(71)78)57-14-8-51(9-15-57)54-20-33-66(80-3)34-21-54/h6-43,45-49,60,69H,44H2,1-5H3. The summed E-state index contributed by atoms with van der Waals surface area (Å²) >= 11 is 0. The summed E-state index contributed by atoms with van der Waals surface area (Å²) in [5.74, 6) is 4.43. The maximum absolute atomic E-state index is 5.53. The topological polar surface area (TPSA) is 36.9 Å². The summed E-state index contributed by atoms with van der Waals surface area (Å²) in [6.45, 7) is 2.44. The molecule has 3 unspecified atom stereocenters. The Morgan fingerprint density at radius 2 is 0.537 bits per heavy atom. The number of rotatable bonds is 12. The van der Waals surface area contributed by atoms with E-state index in [-0.39, 0.29) is 5.92 Å². The molecule has 0 N–H and O–H groups in total. The normalized spacial score (nSPS) is 16.0. The van der Waals surface area contributed by atoms with Gasteiger partial charge >= 0.3 is 0 Å². The van der Waals surface area contributed by atoms with E-state index in [4.69, 9.17) is 18.9 Å². The molecule has 0 radical (unpaired) electrons. The molecule has 0 amide bonds. The van der Waals surface area contributed by atoms with Crippen LogP contribution < -0.4 is 18.9 Å². The molecular formula is C78H62O4. The van der Waals surface area contributed by atoms with Crippen LogP contribution in [0, 0.1) is 5.92 Å². The van der Waals surface area contributed by atoms with E-state index in [1.807, 2.05) is 36.4 Å². The molecule has 1 spiro atoms. The second-order valence-electron chi connectivity index (χ2n) is 22.3. The van der Waals surface area contributed by atoms with Crippen molar-refractivity contribution >= 4 is 0 Å². The second-order valence-corrected chi connectivity index (χ2v) is 22.3. The summed E-state index contributed by atoms with van der Waals surface area (Å²) in [4.78, 5) is 0. The molecular weight excluding hydrogens is 1000 g/mol. The molecule has 0 saturated heterocycles. The Balaban J connectivity index is 0.950. The van der Waals surface area contributed by atoms with Crippen LogP contribution in [0.25, 0.3) is 89.0 Å². The largest absolute Gasteiger partial charge is 0.497 e. The van der Waals surface area contributed by atoms with Gasteiger partial charge in [0.05, 0.1) is 33.9 Å². The Labute approximate surface area is 481 Å². The molecule has 82 heavy (non-hydrogen) atoms. The van der Waals surface area contributed by atoms with Gasteiger partial charge in [0.2, 0.25) is 0 Å². The molecule has 14 rings (SSSR count). The average Bonchev–Trinajstić information content (AvgIpc) is 4.23. The Morgan fingerprint density at radius 3 is 0.854 bits per heavy atom. The van der Waals surface area contributed by atoms with Gasteiger partial charge in [0.25, 0.3) is 0 Å². The van der Waals surface area contributed by atoms with E-state index in [1.54, 1.807) is 28.4 Å². The SMILES string of the molecule is COc1ccc(-c2ccc(-c3ccc4c(c3)C3(c5cc(-c6ccc(-c7ccc(OC)cc7)cc6)ccc5-4)c4cc(-c5ccc(-c6ccc(OC)cc6)cc5)ccc4-c4ccc(C5C=CC(c6ccc(OC)cc6)CC5C)cc43)cc2)cc1. The summed E-state index contributed by atoms with van der Waals surface area (Å²) in [7, 11) is 6.86. The molecule has 3 aliphatic rings. The molecule has 4 heteroatoms. The van der Waals surface area contributed by atoms with Crippen molar-refractivity contribution in [3.05, 3.63) is 288 Å². The zero-order valence-corrected chi connectivity index (χ0v) is 46.8. The molecule has 3 aliphatic carbocycles. The lowest BCUT2D eigenvalue weighted by Gasteiger charge is -2.33. The Morgan fingerprint density at radius 1 is 0.280 bits per heavy atom. The number of allylic oxidation sites excluding steroid dienone is 2. The van der Waals surface area contributed by atoms with Gasteiger partial charge in [-0.05, 0) is 201 Å². The monoisotopic (exact) mass is 1060 g/mol. The van der Waals surface area contributed by atoms with Crippen LogP contribution in [0.3, 0.4) is 0 Å². The molecule has 0 aromatic heterocycles. The van der Waals surface area contributed by atoms with Gasteiger partial charge in [0.1, 0.15) is 23.0 Å². The molecule has 4 nitrogen and oxygen atoms in total. The number of fused-ring (bicyclic) bond motifs is 10. The quantitative estimate of drug-likeness (QED) is 0.114. The van der Waals surface area contributed by atoms with E-state index in [2.05, 4.69) is 225 Å². The van der Waals surface area contributed by atoms with Gasteiger partial charge in [0.15, 0.2) is 0 Å². The van der Waals surface area contributed by atoms with Crippen molar-refractivity contribution < 1.29 is 18.9 Å². The Kier molecular flexibility index (Phi) is 12.8. The number of hydrogen-bond donors (Lipinski definition) is 0. The lowest BCUT2D eigenvalue weighted by Crippen LogP contribution is -2.26. The van der Waals surface area contributed by atoms with Crippen molar-refractivity contribution in [1.82, 2.24) is 0 Å². The first-order valence-electron chi connectivity index (χ1n) is 28.5. The maximum atomic E-state index is 5.53. The number of methoxy groups -OCH3 is 4. The smallest absolute Gasteiger partial charge is 0.118 e. The van der Waals surface area contributed by atoms with Crippen molar-refractivity contribution in [1.29, 1.82) is 0 Å². The molecule has 11 aromatic carbocycles. The van der Waals surface area contributed by atoms with Crippen molar-refractivity contribution in [3.63, 3.8) is 0 Å². The summed E-state index contributed by atoms with van der Waals surface area (Å²) in [5, 5.41) is 0. The minimum absolute atomic E-state index is 0.242. The molecule has 11 aromatic rings. The zero-order valence-electron chi connectivity index (χ0n) is 46.8. The third-order valence-corrected chi connectivity index (χ3v) is 17.9. The summed E-state index contributed by atoms with van der Waals surface area (Å²) in [6, 6.07) is 89.9. The first-order chi connectivity index (χ1) is 40.3. The van der Waals surface area contributed by atoms with Gasteiger partial charge in [-0.25, -0.2) is 0 Å². The molecule has 3 atom stereocenters. The van der Waals surface area contributed by atoms with Crippen LogP contribution in [0.5, 0.6) is 23.0 Å². The first-order valence-corrected chi connectivity index (χ1v) is 28.5. The van der Waals surface area contributed by atoms with E-state index in [0.717, 1.165) is 62.8 Å². The maximum Gasteiger partial charge on any atom is 0.118 e. The molecule has 0 bridgehead atoms. The Hall–Kier alpha value is -9.64. The van der Waals surface area contributed by atoms with Crippen LogP contribution in [-0.4, -0.2) is 28.4 Å². The van der Waals surface area contributed by atoms with E-state index in [1.165, 1.54) is 89.0 Å². The first kappa shape index (κ1) is 50.6. The lowest BCUT2D eigenvalue weighted by atomic mass is 9.68. The predicted octanol–water partition coefficient (Wildman–Crippen LogP) is 19.5. The van der Waals surface area contributed by atoms with E-state index in [9.17, 15) is 0 Å². The van der Waals surface area contributed by atoms with Gasteiger partial charge in [-0.3, -0.25) is 0 Å². The Bertz CT molecular complexity index is 3910. The van der Waals surface area contributed by atoms with Crippen LogP contribution >= 0.6 is 0 Å².